The number of methoxy groups -OCH3 is 1. The number of ether oxygens (including phenoxy) is 1. The van der Waals surface area contributed by atoms with Crippen LogP contribution in [0.1, 0.15) is 43.6 Å². The van der Waals surface area contributed by atoms with E-state index in [0.29, 0.717) is 6.04 Å². The van der Waals surface area contributed by atoms with Crippen molar-refractivity contribution >= 4 is 35.6 Å². The van der Waals surface area contributed by atoms with Gasteiger partial charge in [0.05, 0.1) is 18.5 Å². The van der Waals surface area contributed by atoms with Crippen molar-refractivity contribution in [3.8, 4) is 5.75 Å². The SMILES string of the molecule is CCc1nn(C)c(CC)c1CNC(=NC)NC1CCCN(c2ccccc2OC)C1.I. The molecule has 2 N–H and O–H groups in total. The maximum Gasteiger partial charge on any atom is 0.191 e. The van der Waals surface area contributed by atoms with Crippen molar-refractivity contribution in [2.24, 2.45) is 12.0 Å². The molecular formula is C23H37IN6O. The van der Waals surface area contributed by atoms with Crippen molar-refractivity contribution in [2.45, 2.75) is 52.1 Å². The summed E-state index contributed by atoms with van der Waals surface area (Å²) in [6.07, 6.45) is 4.17. The second-order valence-electron chi connectivity index (χ2n) is 7.73. The maximum atomic E-state index is 5.56. The Balaban J connectivity index is 0.00000341. The highest BCUT2D eigenvalue weighted by molar-refractivity contribution is 14.0. The molecule has 1 atom stereocenters. The topological polar surface area (TPSA) is 66.7 Å². The highest BCUT2D eigenvalue weighted by Crippen LogP contribution is 2.29. The lowest BCUT2D eigenvalue weighted by molar-refractivity contribution is 0.408. The van der Waals surface area contributed by atoms with Gasteiger partial charge in [-0.25, -0.2) is 0 Å². The molecule has 0 aliphatic carbocycles. The van der Waals surface area contributed by atoms with Crippen molar-refractivity contribution in [1.29, 1.82) is 0 Å². The van der Waals surface area contributed by atoms with Crippen LogP contribution in [-0.4, -0.2) is 49.0 Å². The molecule has 1 fully saturated rings. The third kappa shape index (κ3) is 6.05. The minimum absolute atomic E-state index is 0. The molecule has 2 heterocycles. The molecule has 1 saturated heterocycles. The molecule has 1 aromatic carbocycles. The standard InChI is InChI=1S/C23H36N6O.HI/c1-6-19-18(20(7-2)28(4)27-19)15-25-23(24-3)26-17-11-10-14-29(16-17)21-12-8-9-13-22(21)30-5;/h8-9,12-13,17H,6-7,10-11,14-16H2,1-5H3,(H2,24,25,26);1H. The summed E-state index contributed by atoms with van der Waals surface area (Å²) >= 11 is 0. The lowest BCUT2D eigenvalue weighted by Gasteiger charge is -2.36. The van der Waals surface area contributed by atoms with Gasteiger partial charge in [-0.2, -0.15) is 5.10 Å². The van der Waals surface area contributed by atoms with Crippen molar-refractivity contribution in [2.75, 3.05) is 32.1 Å². The van der Waals surface area contributed by atoms with Crippen molar-refractivity contribution in [3.05, 3.63) is 41.2 Å². The summed E-state index contributed by atoms with van der Waals surface area (Å²) in [5.41, 5.74) is 4.90. The fourth-order valence-electron chi connectivity index (χ4n) is 4.36. The molecule has 8 heteroatoms. The van der Waals surface area contributed by atoms with Crippen molar-refractivity contribution in [1.82, 2.24) is 20.4 Å². The quantitative estimate of drug-likeness (QED) is 0.320. The average Bonchev–Trinajstić information content (AvgIpc) is 3.10. The number of piperidine rings is 1. The molecule has 172 valence electrons. The molecule has 0 bridgehead atoms. The maximum absolute atomic E-state index is 5.56. The van der Waals surface area contributed by atoms with Gasteiger partial charge in [0.2, 0.25) is 0 Å². The molecule has 0 saturated carbocycles. The molecule has 0 radical (unpaired) electrons. The normalized spacial score (nSPS) is 16.6. The van der Waals surface area contributed by atoms with Crippen LogP contribution in [-0.2, 0) is 26.4 Å². The van der Waals surface area contributed by atoms with Crippen LogP contribution in [0.25, 0.3) is 0 Å². The van der Waals surface area contributed by atoms with E-state index in [0.717, 1.165) is 68.4 Å². The number of hydrogen-bond donors (Lipinski definition) is 2. The zero-order valence-electron chi connectivity index (χ0n) is 19.4. The van der Waals surface area contributed by atoms with E-state index in [4.69, 9.17) is 4.74 Å². The Bertz CT molecular complexity index is 866. The largest absolute Gasteiger partial charge is 0.495 e. The third-order valence-electron chi connectivity index (χ3n) is 5.87. The third-order valence-corrected chi connectivity index (χ3v) is 5.87. The van der Waals surface area contributed by atoms with E-state index in [9.17, 15) is 0 Å². The predicted molar refractivity (Wildman–Crippen MR) is 139 cm³/mol. The number of aryl methyl sites for hydroxylation is 2. The number of aliphatic imine (C=N–C) groups is 1. The smallest absolute Gasteiger partial charge is 0.191 e. The van der Waals surface area contributed by atoms with E-state index < -0.39 is 0 Å². The number of nitrogens with zero attached hydrogens (tertiary/aromatic N) is 4. The number of nitrogens with one attached hydrogen (secondary N) is 2. The lowest BCUT2D eigenvalue weighted by atomic mass is 10.0. The second-order valence-corrected chi connectivity index (χ2v) is 7.73. The summed E-state index contributed by atoms with van der Waals surface area (Å²) < 4.78 is 7.58. The molecule has 0 spiro atoms. The summed E-state index contributed by atoms with van der Waals surface area (Å²) in [4.78, 5) is 6.87. The minimum atomic E-state index is 0. The van der Waals surface area contributed by atoms with Crippen LogP contribution in [0.3, 0.4) is 0 Å². The molecule has 7 nitrogen and oxygen atoms in total. The van der Waals surface area contributed by atoms with E-state index >= 15 is 0 Å². The number of benzene rings is 1. The van der Waals surface area contributed by atoms with Gasteiger partial charge < -0.3 is 20.3 Å². The van der Waals surface area contributed by atoms with Crippen LogP contribution in [0.5, 0.6) is 5.75 Å². The van der Waals surface area contributed by atoms with Gasteiger partial charge in [0.25, 0.3) is 0 Å². The van der Waals surface area contributed by atoms with Crippen LogP contribution in [0.4, 0.5) is 5.69 Å². The Morgan fingerprint density at radius 3 is 2.71 bits per heavy atom. The Kier molecular flexibility index (Phi) is 9.93. The minimum Gasteiger partial charge on any atom is -0.495 e. The number of hydrogen-bond acceptors (Lipinski definition) is 4. The molecule has 1 aromatic heterocycles. The van der Waals surface area contributed by atoms with Crippen LogP contribution < -0.4 is 20.3 Å². The highest BCUT2D eigenvalue weighted by atomic mass is 127. The number of anilines is 1. The molecule has 1 unspecified atom stereocenters. The number of rotatable bonds is 7. The van der Waals surface area contributed by atoms with Crippen molar-refractivity contribution < 1.29 is 4.74 Å². The molecule has 0 amide bonds. The number of guanidine groups is 1. The molecule has 3 rings (SSSR count). The van der Waals surface area contributed by atoms with Gasteiger partial charge in [0, 0.05) is 51.0 Å². The lowest BCUT2D eigenvalue weighted by Crippen LogP contribution is -2.51. The summed E-state index contributed by atoms with van der Waals surface area (Å²) in [7, 11) is 5.60. The first-order valence-corrected chi connectivity index (χ1v) is 11.0. The van der Waals surface area contributed by atoms with Crippen LogP contribution in [0, 0.1) is 0 Å². The fourth-order valence-corrected chi connectivity index (χ4v) is 4.36. The van der Waals surface area contributed by atoms with Gasteiger partial charge in [-0.15, -0.1) is 24.0 Å². The van der Waals surface area contributed by atoms with Gasteiger partial charge in [-0.05, 0) is 37.8 Å². The number of halogens is 1. The van der Waals surface area contributed by atoms with Gasteiger partial charge in [0.1, 0.15) is 5.75 Å². The molecular weight excluding hydrogens is 503 g/mol. The number of aromatic nitrogens is 2. The monoisotopic (exact) mass is 540 g/mol. The van der Waals surface area contributed by atoms with Crippen molar-refractivity contribution in [3.63, 3.8) is 0 Å². The summed E-state index contributed by atoms with van der Waals surface area (Å²) in [6, 6.07) is 8.58. The van der Waals surface area contributed by atoms with E-state index in [1.54, 1.807) is 7.11 Å². The zero-order valence-corrected chi connectivity index (χ0v) is 21.8. The van der Waals surface area contributed by atoms with E-state index in [1.807, 2.05) is 30.9 Å². The van der Waals surface area contributed by atoms with Gasteiger partial charge in [-0.1, -0.05) is 26.0 Å². The fraction of sp³-hybridized carbons (Fsp3) is 0.565. The van der Waals surface area contributed by atoms with E-state index in [2.05, 4.69) is 51.6 Å². The second kappa shape index (κ2) is 12.2. The molecule has 1 aliphatic rings. The van der Waals surface area contributed by atoms with E-state index in [-0.39, 0.29) is 24.0 Å². The first kappa shape index (κ1) is 25.3. The number of para-hydroxylation sites is 2. The summed E-state index contributed by atoms with van der Waals surface area (Å²) in [5.74, 6) is 1.77. The average molecular weight is 540 g/mol. The Labute approximate surface area is 203 Å². The summed E-state index contributed by atoms with van der Waals surface area (Å²) in [6.45, 7) is 7.05. The van der Waals surface area contributed by atoms with E-state index in [1.165, 1.54) is 11.3 Å². The van der Waals surface area contributed by atoms with Crippen LogP contribution in [0.2, 0.25) is 0 Å². The summed E-state index contributed by atoms with van der Waals surface area (Å²) in [5, 5.41) is 11.8. The molecule has 1 aliphatic heterocycles. The molecule has 2 aromatic rings. The van der Waals surface area contributed by atoms with Crippen LogP contribution in [0.15, 0.2) is 29.3 Å². The van der Waals surface area contributed by atoms with Crippen LogP contribution >= 0.6 is 24.0 Å². The Hall–Kier alpha value is -1.97. The van der Waals surface area contributed by atoms with Gasteiger partial charge >= 0.3 is 0 Å². The van der Waals surface area contributed by atoms with Gasteiger partial charge in [0.15, 0.2) is 5.96 Å². The predicted octanol–water partition coefficient (Wildman–Crippen LogP) is 3.51. The van der Waals surface area contributed by atoms with Gasteiger partial charge in [-0.3, -0.25) is 9.67 Å². The Morgan fingerprint density at radius 2 is 2.03 bits per heavy atom. The highest BCUT2D eigenvalue weighted by Gasteiger charge is 2.23. The zero-order chi connectivity index (χ0) is 21.5. The first-order valence-electron chi connectivity index (χ1n) is 11.0. The Morgan fingerprint density at radius 1 is 1.26 bits per heavy atom. The first-order chi connectivity index (χ1) is 14.6. The molecule has 31 heavy (non-hydrogen) atoms.